The van der Waals surface area contributed by atoms with Gasteiger partial charge in [0.1, 0.15) is 11.8 Å². The molecule has 1 N–H and O–H groups in total. The Bertz CT molecular complexity index is 1120. The third-order valence-electron chi connectivity index (χ3n) is 5.59. The van der Waals surface area contributed by atoms with E-state index < -0.39 is 6.04 Å². The van der Waals surface area contributed by atoms with Crippen LogP contribution in [0.15, 0.2) is 54.6 Å². The zero-order valence-corrected chi connectivity index (χ0v) is 17.6. The van der Waals surface area contributed by atoms with Gasteiger partial charge in [0.2, 0.25) is 5.91 Å². The van der Waals surface area contributed by atoms with E-state index in [2.05, 4.69) is 23.5 Å². The predicted octanol–water partition coefficient (Wildman–Crippen LogP) is 4.45. The fraction of sp³-hybridized carbons (Fsp3) is 0.280. The van der Waals surface area contributed by atoms with Gasteiger partial charge in [0.05, 0.1) is 12.3 Å². The van der Waals surface area contributed by atoms with Crippen molar-refractivity contribution in [3.63, 3.8) is 0 Å². The molecular formula is C25H26N2O3. The number of nitrogens with one attached hydrogen (secondary N) is 1. The van der Waals surface area contributed by atoms with Crippen LogP contribution in [-0.4, -0.2) is 25.0 Å². The highest BCUT2D eigenvalue weighted by molar-refractivity contribution is 6.07. The van der Waals surface area contributed by atoms with Crippen LogP contribution >= 0.6 is 0 Å². The number of hydrogen-bond acceptors (Lipinski definition) is 3. The summed E-state index contributed by atoms with van der Waals surface area (Å²) >= 11 is 0. The third-order valence-corrected chi connectivity index (χ3v) is 5.59. The Labute approximate surface area is 176 Å². The minimum Gasteiger partial charge on any atom is -0.493 e. The summed E-state index contributed by atoms with van der Waals surface area (Å²) in [6, 6.07) is 17.6. The summed E-state index contributed by atoms with van der Waals surface area (Å²) in [5.74, 6) is 0.563. The molecule has 5 heteroatoms. The normalized spacial score (nSPS) is 15.4. The Morgan fingerprint density at radius 2 is 1.77 bits per heavy atom. The molecule has 0 bridgehead atoms. The second-order valence-electron chi connectivity index (χ2n) is 7.76. The summed E-state index contributed by atoms with van der Waals surface area (Å²) < 4.78 is 6.04. The number of aryl methyl sites for hydroxylation is 2. The Hall–Kier alpha value is -3.34. The van der Waals surface area contributed by atoms with Gasteiger partial charge in [-0.05, 0) is 42.8 Å². The van der Waals surface area contributed by atoms with Crippen LogP contribution in [0.1, 0.15) is 36.1 Å². The van der Waals surface area contributed by atoms with E-state index in [0.29, 0.717) is 19.6 Å². The van der Waals surface area contributed by atoms with E-state index in [1.165, 1.54) is 6.92 Å². The van der Waals surface area contributed by atoms with Crippen LogP contribution in [0.5, 0.6) is 5.75 Å². The second kappa shape index (κ2) is 8.19. The summed E-state index contributed by atoms with van der Waals surface area (Å²) in [6.07, 6.45) is 0.689. The van der Waals surface area contributed by atoms with Gasteiger partial charge in [-0.2, -0.15) is 0 Å². The summed E-state index contributed by atoms with van der Waals surface area (Å²) in [5.41, 5.74) is 3.87. The third kappa shape index (κ3) is 3.63. The van der Waals surface area contributed by atoms with Crippen molar-refractivity contribution in [2.75, 3.05) is 18.1 Å². The topological polar surface area (TPSA) is 58.6 Å². The minimum atomic E-state index is -0.614. The molecule has 3 aromatic rings. The van der Waals surface area contributed by atoms with Crippen molar-refractivity contribution in [2.45, 2.75) is 33.2 Å². The minimum absolute atomic E-state index is 0.0808. The average molecular weight is 402 g/mol. The molecule has 1 heterocycles. The second-order valence-corrected chi connectivity index (χ2v) is 7.76. The van der Waals surface area contributed by atoms with E-state index in [0.717, 1.165) is 38.9 Å². The van der Waals surface area contributed by atoms with Crippen LogP contribution < -0.4 is 15.0 Å². The molecule has 0 saturated heterocycles. The molecule has 30 heavy (non-hydrogen) atoms. The highest BCUT2D eigenvalue weighted by Crippen LogP contribution is 2.40. The quantitative estimate of drug-likeness (QED) is 0.620. The number of carbonyl (C=O) groups excluding carboxylic acids is 2. The van der Waals surface area contributed by atoms with Crippen LogP contribution in [0.2, 0.25) is 0 Å². The van der Waals surface area contributed by atoms with Crippen LogP contribution in [-0.2, 0) is 9.59 Å². The lowest BCUT2D eigenvalue weighted by Gasteiger charge is -2.20. The van der Waals surface area contributed by atoms with Gasteiger partial charge in [0, 0.05) is 24.4 Å². The molecule has 5 nitrogen and oxygen atoms in total. The monoisotopic (exact) mass is 402 g/mol. The lowest BCUT2D eigenvalue weighted by atomic mass is 9.99. The van der Waals surface area contributed by atoms with Crippen molar-refractivity contribution in [1.82, 2.24) is 5.32 Å². The molecule has 3 aromatic carbocycles. The molecule has 2 amide bonds. The van der Waals surface area contributed by atoms with E-state index >= 15 is 0 Å². The fourth-order valence-corrected chi connectivity index (χ4v) is 4.22. The first-order valence-electron chi connectivity index (χ1n) is 10.3. The highest BCUT2D eigenvalue weighted by atomic mass is 16.5. The maximum atomic E-state index is 13.1. The van der Waals surface area contributed by atoms with Gasteiger partial charge in [-0.25, -0.2) is 0 Å². The number of carbonyl (C=O) groups is 2. The zero-order valence-electron chi connectivity index (χ0n) is 17.6. The standard InChI is InChI=1S/C25H26N2O3/c1-16-12-13-17(2)24-22(16)23(26-18(3)28)25(29)27(24)14-7-15-30-21-11-6-9-19-8-4-5-10-20(19)21/h4-6,8-13,23H,7,14-15H2,1-3H3,(H,26,28)/t23-/m0/s1. The summed E-state index contributed by atoms with van der Waals surface area (Å²) in [5, 5.41) is 5.05. The summed E-state index contributed by atoms with van der Waals surface area (Å²) in [7, 11) is 0. The fourth-order valence-electron chi connectivity index (χ4n) is 4.22. The van der Waals surface area contributed by atoms with Gasteiger partial charge in [-0.3, -0.25) is 9.59 Å². The van der Waals surface area contributed by atoms with E-state index in [4.69, 9.17) is 4.74 Å². The lowest BCUT2D eigenvalue weighted by Crippen LogP contribution is -2.37. The van der Waals surface area contributed by atoms with Crippen molar-refractivity contribution in [1.29, 1.82) is 0 Å². The van der Waals surface area contributed by atoms with Gasteiger partial charge in [0.15, 0.2) is 0 Å². The molecule has 0 aliphatic carbocycles. The van der Waals surface area contributed by atoms with E-state index in [9.17, 15) is 9.59 Å². The van der Waals surface area contributed by atoms with Gasteiger partial charge >= 0.3 is 0 Å². The Kier molecular flexibility index (Phi) is 5.44. The largest absolute Gasteiger partial charge is 0.493 e. The van der Waals surface area contributed by atoms with Gasteiger partial charge in [0.25, 0.3) is 5.91 Å². The summed E-state index contributed by atoms with van der Waals surface area (Å²) in [6.45, 7) is 6.47. The molecule has 0 unspecified atom stereocenters. The van der Waals surface area contributed by atoms with Crippen molar-refractivity contribution >= 4 is 28.3 Å². The molecule has 0 aromatic heterocycles. The number of amides is 2. The number of ether oxygens (including phenoxy) is 1. The maximum Gasteiger partial charge on any atom is 0.254 e. The van der Waals surface area contributed by atoms with Crippen LogP contribution in [0.4, 0.5) is 5.69 Å². The number of fused-ring (bicyclic) bond motifs is 2. The molecule has 0 spiro atoms. The van der Waals surface area contributed by atoms with Gasteiger partial charge < -0.3 is 15.0 Å². The van der Waals surface area contributed by atoms with Crippen LogP contribution in [0.25, 0.3) is 10.8 Å². The molecule has 0 fully saturated rings. The first kappa shape index (κ1) is 20.0. The Balaban J connectivity index is 1.49. The van der Waals surface area contributed by atoms with Crippen LogP contribution in [0.3, 0.4) is 0 Å². The number of rotatable bonds is 6. The summed E-state index contributed by atoms with van der Waals surface area (Å²) in [4.78, 5) is 26.6. The maximum absolute atomic E-state index is 13.1. The van der Waals surface area contributed by atoms with E-state index in [1.807, 2.05) is 50.2 Å². The van der Waals surface area contributed by atoms with Crippen molar-refractivity contribution < 1.29 is 14.3 Å². The molecule has 4 rings (SSSR count). The average Bonchev–Trinajstić information content (AvgIpc) is 3.00. The molecular weight excluding hydrogens is 376 g/mol. The number of anilines is 1. The lowest BCUT2D eigenvalue weighted by molar-refractivity contribution is -0.126. The van der Waals surface area contributed by atoms with Crippen molar-refractivity contribution in [3.8, 4) is 5.75 Å². The van der Waals surface area contributed by atoms with Gasteiger partial charge in [-0.15, -0.1) is 0 Å². The molecule has 1 atom stereocenters. The van der Waals surface area contributed by atoms with Crippen molar-refractivity contribution in [2.24, 2.45) is 0 Å². The number of hydrogen-bond donors (Lipinski definition) is 1. The first-order valence-corrected chi connectivity index (χ1v) is 10.3. The van der Waals surface area contributed by atoms with Crippen molar-refractivity contribution in [3.05, 3.63) is 71.3 Å². The predicted molar refractivity (Wildman–Crippen MR) is 119 cm³/mol. The van der Waals surface area contributed by atoms with Gasteiger partial charge in [-0.1, -0.05) is 48.5 Å². The molecule has 1 aliphatic rings. The molecule has 0 radical (unpaired) electrons. The van der Waals surface area contributed by atoms with E-state index in [-0.39, 0.29) is 11.8 Å². The Morgan fingerprint density at radius 1 is 1.03 bits per heavy atom. The first-order chi connectivity index (χ1) is 14.5. The smallest absolute Gasteiger partial charge is 0.254 e. The molecule has 154 valence electrons. The zero-order chi connectivity index (χ0) is 21.3. The van der Waals surface area contributed by atoms with E-state index in [1.54, 1.807) is 4.90 Å². The number of nitrogens with zero attached hydrogens (tertiary/aromatic N) is 1. The van der Waals surface area contributed by atoms with Crippen LogP contribution in [0, 0.1) is 13.8 Å². The molecule has 1 aliphatic heterocycles. The molecule has 0 saturated carbocycles. The number of benzene rings is 3. The Morgan fingerprint density at radius 3 is 2.57 bits per heavy atom. The highest BCUT2D eigenvalue weighted by Gasteiger charge is 2.39. The SMILES string of the molecule is CC(=O)N[C@@H]1C(=O)N(CCCOc2cccc3ccccc23)c2c(C)ccc(C)c21.